The number of pyridine rings is 1. The number of halogens is 2. The van der Waals surface area contributed by atoms with Gasteiger partial charge in [0.1, 0.15) is 23.5 Å². The van der Waals surface area contributed by atoms with Crippen LogP contribution < -0.4 is 10.1 Å². The molecular formula is C29H30F2N8O. The molecule has 0 amide bonds. The molecule has 1 aromatic carbocycles. The second kappa shape index (κ2) is 11.0. The summed E-state index contributed by atoms with van der Waals surface area (Å²) in [5.41, 5.74) is 5.65. The first-order valence-electron chi connectivity index (χ1n) is 13.3. The van der Waals surface area contributed by atoms with E-state index in [0.717, 1.165) is 33.7 Å². The van der Waals surface area contributed by atoms with Crippen molar-refractivity contribution in [3.8, 4) is 28.3 Å². The molecule has 0 radical (unpaired) electrons. The van der Waals surface area contributed by atoms with Gasteiger partial charge >= 0.3 is 0 Å². The van der Waals surface area contributed by atoms with E-state index in [-0.39, 0.29) is 13.0 Å². The molecule has 0 spiro atoms. The molecule has 1 fully saturated rings. The first-order chi connectivity index (χ1) is 19.4. The van der Waals surface area contributed by atoms with Gasteiger partial charge in [0.05, 0.1) is 36.9 Å². The van der Waals surface area contributed by atoms with Crippen LogP contribution in [0.2, 0.25) is 0 Å². The zero-order valence-corrected chi connectivity index (χ0v) is 22.2. The van der Waals surface area contributed by atoms with Crippen molar-refractivity contribution >= 4 is 11.5 Å². The number of imidazole rings is 1. The van der Waals surface area contributed by atoms with Gasteiger partial charge in [-0.2, -0.15) is 5.10 Å². The number of aromatic nitrogens is 6. The molecule has 0 atom stereocenters. The average molecular weight is 545 g/mol. The predicted octanol–water partition coefficient (Wildman–Crippen LogP) is 4.91. The highest BCUT2D eigenvalue weighted by molar-refractivity contribution is 5.64. The van der Waals surface area contributed by atoms with Crippen molar-refractivity contribution in [1.82, 2.24) is 34.0 Å². The molecule has 206 valence electrons. The van der Waals surface area contributed by atoms with E-state index in [1.54, 1.807) is 15.8 Å². The Balaban J connectivity index is 1.05. The Morgan fingerprint density at radius 2 is 1.90 bits per heavy atom. The van der Waals surface area contributed by atoms with Crippen LogP contribution in [0.3, 0.4) is 0 Å². The van der Waals surface area contributed by atoms with Crippen LogP contribution in [-0.4, -0.2) is 66.2 Å². The maximum absolute atomic E-state index is 13.3. The number of nitrogens with one attached hydrogen (secondary N) is 1. The number of fused-ring (bicyclic) bond motifs is 1. The summed E-state index contributed by atoms with van der Waals surface area (Å²) >= 11 is 0. The first kappa shape index (κ1) is 25.9. The van der Waals surface area contributed by atoms with Crippen LogP contribution in [0.25, 0.3) is 28.2 Å². The highest BCUT2D eigenvalue weighted by atomic mass is 19.3. The third kappa shape index (κ3) is 5.94. The lowest BCUT2D eigenvalue weighted by Gasteiger charge is -2.15. The fraction of sp³-hybridized carbons (Fsp3) is 0.310. The van der Waals surface area contributed by atoms with Gasteiger partial charge < -0.3 is 10.1 Å². The molecule has 9 nitrogen and oxygen atoms in total. The van der Waals surface area contributed by atoms with Crippen LogP contribution in [0, 0.1) is 0 Å². The minimum absolute atomic E-state index is 0.0577. The maximum Gasteiger partial charge on any atom is 0.261 e. The lowest BCUT2D eigenvalue weighted by molar-refractivity contribution is 0.0118. The van der Waals surface area contributed by atoms with Crippen molar-refractivity contribution in [1.29, 1.82) is 0 Å². The Hall–Kier alpha value is -4.38. The largest absolute Gasteiger partial charge is 0.493 e. The lowest BCUT2D eigenvalue weighted by Crippen LogP contribution is -2.27. The number of likely N-dealkylation sites (tertiary alicyclic amines) is 1. The summed E-state index contributed by atoms with van der Waals surface area (Å²) in [6.45, 7) is 1.97. The van der Waals surface area contributed by atoms with E-state index in [2.05, 4.69) is 49.6 Å². The number of anilines is 1. The SMILES string of the molecule is Cn1cc(-c2ccc(CNc3cc(-c4cnc5cc(OCCCN6CCC(F)(F)C6)ccn45)ncn3)cc2)cn1. The second-order valence-electron chi connectivity index (χ2n) is 10.1. The molecule has 5 heterocycles. The van der Waals surface area contributed by atoms with Crippen molar-refractivity contribution in [2.24, 2.45) is 7.05 Å². The molecule has 0 bridgehead atoms. The second-order valence-corrected chi connectivity index (χ2v) is 10.1. The molecule has 1 aliphatic rings. The fourth-order valence-electron chi connectivity index (χ4n) is 4.89. The van der Waals surface area contributed by atoms with Crippen LogP contribution in [0.4, 0.5) is 14.6 Å². The van der Waals surface area contributed by atoms with E-state index >= 15 is 0 Å². The summed E-state index contributed by atoms with van der Waals surface area (Å²) in [6.07, 6.45) is 9.69. The summed E-state index contributed by atoms with van der Waals surface area (Å²) in [5.74, 6) is -1.15. The monoisotopic (exact) mass is 544 g/mol. The van der Waals surface area contributed by atoms with Crippen LogP contribution in [0.5, 0.6) is 5.75 Å². The zero-order valence-electron chi connectivity index (χ0n) is 22.2. The topological polar surface area (TPSA) is 85.4 Å². The predicted molar refractivity (Wildman–Crippen MR) is 148 cm³/mol. The van der Waals surface area contributed by atoms with E-state index in [0.29, 0.717) is 44.2 Å². The van der Waals surface area contributed by atoms with Crippen LogP contribution in [0.1, 0.15) is 18.4 Å². The van der Waals surface area contributed by atoms with Gasteiger partial charge in [-0.25, -0.2) is 23.7 Å². The first-order valence-corrected chi connectivity index (χ1v) is 13.3. The van der Waals surface area contributed by atoms with E-state index in [4.69, 9.17) is 4.74 Å². The molecule has 4 aromatic heterocycles. The Morgan fingerprint density at radius 3 is 2.67 bits per heavy atom. The Kier molecular flexibility index (Phi) is 7.12. The quantitative estimate of drug-likeness (QED) is 0.250. The highest BCUT2D eigenvalue weighted by Crippen LogP contribution is 2.27. The zero-order chi connectivity index (χ0) is 27.5. The van der Waals surface area contributed by atoms with E-state index in [9.17, 15) is 8.78 Å². The molecule has 1 N–H and O–H groups in total. The van der Waals surface area contributed by atoms with Gasteiger partial charge in [-0.3, -0.25) is 14.0 Å². The molecule has 0 saturated carbocycles. The standard InChI is InChI=1S/C29H30F2N8O/c1-37-18-23(16-36-37)22-5-3-21(4-6-22)15-32-27-14-25(34-20-35-27)26-17-33-28-13-24(7-10-39(26)28)40-12-2-9-38-11-8-29(30,31)19-38/h3-7,10,13-14,16-18,20H,2,8-9,11-12,15,19H2,1H3,(H,32,34,35). The third-order valence-corrected chi connectivity index (χ3v) is 7.02. The normalized spacial score (nSPS) is 15.1. The summed E-state index contributed by atoms with van der Waals surface area (Å²) < 4.78 is 36.3. The number of nitrogens with zero attached hydrogens (tertiary/aromatic N) is 7. The molecule has 1 saturated heterocycles. The number of benzene rings is 1. The summed E-state index contributed by atoms with van der Waals surface area (Å²) in [4.78, 5) is 15.1. The van der Waals surface area contributed by atoms with Gasteiger partial charge in [0.25, 0.3) is 5.92 Å². The van der Waals surface area contributed by atoms with Crippen molar-refractivity contribution in [2.45, 2.75) is 25.3 Å². The Morgan fingerprint density at radius 1 is 1.02 bits per heavy atom. The van der Waals surface area contributed by atoms with Crippen LogP contribution >= 0.6 is 0 Å². The Bertz CT molecular complexity index is 1600. The number of ether oxygens (including phenoxy) is 1. The molecule has 0 aliphatic carbocycles. The smallest absolute Gasteiger partial charge is 0.261 e. The highest BCUT2D eigenvalue weighted by Gasteiger charge is 2.37. The summed E-state index contributed by atoms with van der Waals surface area (Å²) in [6, 6.07) is 14.0. The minimum Gasteiger partial charge on any atom is -0.493 e. The summed E-state index contributed by atoms with van der Waals surface area (Å²) in [7, 11) is 1.91. The molecule has 1 aliphatic heterocycles. The molecule has 11 heteroatoms. The molecule has 40 heavy (non-hydrogen) atoms. The van der Waals surface area contributed by atoms with Gasteiger partial charge in [-0.05, 0) is 23.6 Å². The minimum atomic E-state index is -2.56. The van der Waals surface area contributed by atoms with Crippen molar-refractivity contribution < 1.29 is 13.5 Å². The van der Waals surface area contributed by atoms with Gasteiger partial charge in [0.2, 0.25) is 0 Å². The number of hydrogen-bond donors (Lipinski definition) is 1. The summed E-state index contributed by atoms with van der Waals surface area (Å²) in [5, 5.41) is 7.61. The number of alkyl halides is 2. The van der Waals surface area contributed by atoms with Gasteiger partial charge in [0.15, 0.2) is 0 Å². The Labute approximate surface area is 230 Å². The molecule has 6 rings (SSSR count). The third-order valence-electron chi connectivity index (χ3n) is 7.02. The lowest BCUT2D eigenvalue weighted by atomic mass is 10.1. The van der Waals surface area contributed by atoms with E-state index in [1.165, 1.54) is 6.33 Å². The van der Waals surface area contributed by atoms with E-state index < -0.39 is 5.92 Å². The van der Waals surface area contributed by atoms with Crippen LogP contribution in [0.15, 0.2) is 73.6 Å². The van der Waals surface area contributed by atoms with Crippen molar-refractivity contribution in [3.63, 3.8) is 0 Å². The van der Waals surface area contributed by atoms with Crippen molar-refractivity contribution in [3.05, 3.63) is 79.1 Å². The van der Waals surface area contributed by atoms with Crippen LogP contribution in [-0.2, 0) is 13.6 Å². The maximum atomic E-state index is 13.3. The number of hydrogen-bond acceptors (Lipinski definition) is 7. The average Bonchev–Trinajstić information content (AvgIpc) is 3.68. The molecule has 0 unspecified atom stereocenters. The number of rotatable bonds is 10. The van der Waals surface area contributed by atoms with Gasteiger partial charge in [0, 0.05) is 63.2 Å². The molecular weight excluding hydrogens is 514 g/mol. The fourth-order valence-corrected chi connectivity index (χ4v) is 4.89. The van der Waals surface area contributed by atoms with E-state index in [1.807, 2.05) is 48.2 Å². The molecule has 5 aromatic rings. The van der Waals surface area contributed by atoms with Gasteiger partial charge in [-0.15, -0.1) is 0 Å². The number of aryl methyl sites for hydroxylation is 1. The van der Waals surface area contributed by atoms with Gasteiger partial charge in [-0.1, -0.05) is 24.3 Å². The van der Waals surface area contributed by atoms with Crippen molar-refractivity contribution in [2.75, 3.05) is 31.6 Å².